The van der Waals surface area contributed by atoms with Crippen molar-refractivity contribution in [3.05, 3.63) is 22.5 Å². The van der Waals surface area contributed by atoms with E-state index in [-0.39, 0.29) is 23.7 Å². The van der Waals surface area contributed by atoms with Gasteiger partial charge in [0.15, 0.2) is 6.61 Å². The number of nitrogens with zero attached hydrogens (tertiary/aromatic N) is 1. The minimum absolute atomic E-state index is 0.0673. The summed E-state index contributed by atoms with van der Waals surface area (Å²) in [5.74, 6) is -2.53. The monoisotopic (exact) mass is 419 g/mol. The van der Waals surface area contributed by atoms with Gasteiger partial charge in [0, 0.05) is 11.4 Å². The van der Waals surface area contributed by atoms with Crippen LogP contribution < -0.4 is 5.32 Å². The first-order valence-corrected chi connectivity index (χ1v) is 9.79. The van der Waals surface area contributed by atoms with Crippen molar-refractivity contribution >= 4 is 29.7 Å². The summed E-state index contributed by atoms with van der Waals surface area (Å²) in [5.41, 5.74) is 0.117. The number of hydrogen-bond acceptors (Lipinski definition) is 7. The molecule has 2 fully saturated rings. The molecule has 0 bridgehead atoms. The van der Waals surface area contributed by atoms with Crippen LogP contribution in [0.25, 0.3) is 0 Å². The van der Waals surface area contributed by atoms with Crippen molar-refractivity contribution in [2.45, 2.75) is 46.1 Å². The lowest BCUT2D eigenvalue weighted by Gasteiger charge is -2.20. The van der Waals surface area contributed by atoms with E-state index < -0.39 is 48.4 Å². The number of Topliss-reactive ketones (excluding diaryl/α,β-unsaturated/α-hetero) is 1. The van der Waals surface area contributed by atoms with E-state index in [1.807, 2.05) is 0 Å². The highest BCUT2D eigenvalue weighted by Gasteiger charge is 2.56. The zero-order valence-corrected chi connectivity index (χ0v) is 17.4. The quantitative estimate of drug-likeness (QED) is 0.368. The number of nitrogens with one attached hydrogen (secondary N) is 2. The molecule has 10 nitrogen and oxygen atoms in total. The van der Waals surface area contributed by atoms with Crippen molar-refractivity contribution in [1.82, 2.24) is 15.2 Å². The van der Waals surface area contributed by atoms with E-state index >= 15 is 0 Å². The Hall–Kier alpha value is -3.17. The number of aromatic amines is 1. The number of rotatable bonds is 8. The minimum atomic E-state index is -0.999. The highest BCUT2D eigenvalue weighted by atomic mass is 16.5. The van der Waals surface area contributed by atoms with Crippen LogP contribution in [0.4, 0.5) is 4.79 Å². The Balaban J connectivity index is 1.63. The van der Waals surface area contributed by atoms with Crippen molar-refractivity contribution < 1.29 is 33.4 Å². The number of carbonyl (C=O) groups excluding carboxylic acids is 5. The van der Waals surface area contributed by atoms with Crippen LogP contribution in [0.3, 0.4) is 0 Å². The number of esters is 2. The van der Waals surface area contributed by atoms with Crippen molar-refractivity contribution in [3.8, 4) is 0 Å². The molecule has 0 spiro atoms. The Morgan fingerprint density at radius 2 is 1.73 bits per heavy atom. The fraction of sp³-hybridized carbons (Fsp3) is 0.550. The first-order chi connectivity index (χ1) is 14.1. The second kappa shape index (κ2) is 7.92. The molecule has 162 valence electrons. The van der Waals surface area contributed by atoms with Crippen molar-refractivity contribution in [1.29, 1.82) is 0 Å². The van der Waals surface area contributed by atoms with Crippen LogP contribution in [-0.4, -0.2) is 64.8 Å². The number of ketones is 1. The topological polar surface area (TPSA) is 135 Å². The summed E-state index contributed by atoms with van der Waals surface area (Å²) < 4.78 is 9.98. The number of aromatic nitrogens is 1. The number of imide groups is 1. The third-order valence-corrected chi connectivity index (χ3v) is 5.48. The average Bonchev–Trinajstić information content (AvgIpc) is 3.45. The molecule has 2 heterocycles. The molecule has 2 aliphatic rings. The molecular formula is C20H25N3O7. The van der Waals surface area contributed by atoms with Crippen LogP contribution in [-0.2, 0) is 19.1 Å². The SMILES string of the molecule is CCOC(=O)c1c(C)[nH]c(C)c1C(=O)COC(=O)CN1C(=O)N[C@](C)(C2CC2)C1=O. The Labute approximate surface area is 173 Å². The maximum absolute atomic E-state index is 12.6. The molecule has 1 saturated heterocycles. The van der Waals surface area contributed by atoms with E-state index in [1.165, 1.54) is 0 Å². The largest absolute Gasteiger partial charge is 0.462 e. The van der Waals surface area contributed by atoms with Crippen LogP contribution in [0.5, 0.6) is 0 Å². The summed E-state index contributed by atoms with van der Waals surface area (Å²) >= 11 is 0. The Morgan fingerprint density at radius 3 is 2.33 bits per heavy atom. The smallest absolute Gasteiger partial charge is 0.340 e. The van der Waals surface area contributed by atoms with Crippen molar-refractivity contribution in [2.24, 2.45) is 5.92 Å². The van der Waals surface area contributed by atoms with Gasteiger partial charge in [-0.1, -0.05) is 0 Å². The third kappa shape index (κ3) is 3.81. The molecule has 3 amide bonds. The number of amides is 3. The molecule has 0 aromatic carbocycles. The van der Waals surface area contributed by atoms with E-state index in [1.54, 1.807) is 27.7 Å². The first kappa shape index (κ1) is 21.5. The lowest BCUT2D eigenvalue weighted by atomic mass is 9.96. The summed E-state index contributed by atoms with van der Waals surface area (Å²) in [6.07, 6.45) is 1.68. The summed E-state index contributed by atoms with van der Waals surface area (Å²) in [4.78, 5) is 65.4. The third-order valence-electron chi connectivity index (χ3n) is 5.48. The van der Waals surface area contributed by atoms with Gasteiger partial charge in [0.25, 0.3) is 5.91 Å². The van der Waals surface area contributed by atoms with Gasteiger partial charge in [-0.25, -0.2) is 9.59 Å². The molecule has 1 aliphatic carbocycles. The Bertz CT molecular complexity index is 931. The molecular weight excluding hydrogens is 394 g/mol. The van der Waals surface area contributed by atoms with E-state index in [2.05, 4.69) is 10.3 Å². The predicted octanol–water partition coefficient (Wildman–Crippen LogP) is 1.25. The number of urea groups is 1. The van der Waals surface area contributed by atoms with Gasteiger partial charge >= 0.3 is 18.0 Å². The summed E-state index contributed by atoms with van der Waals surface area (Å²) in [6.45, 7) is 5.49. The van der Waals surface area contributed by atoms with Gasteiger partial charge < -0.3 is 19.8 Å². The van der Waals surface area contributed by atoms with E-state index in [0.717, 1.165) is 17.7 Å². The number of ether oxygens (including phenoxy) is 2. The van der Waals surface area contributed by atoms with E-state index in [4.69, 9.17) is 9.47 Å². The number of carbonyl (C=O) groups is 5. The molecule has 1 saturated carbocycles. The Kier molecular flexibility index (Phi) is 5.69. The van der Waals surface area contributed by atoms with E-state index in [9.17, 15) is 24.0 Å². The fourth-order valence-corrected chi connectivity index (χ4v) is 3.78. The second-order valence-electron chi connectivity index (χ2n) is 7.73. The van der Waals surface area contributed by atoms with Crippen LogP contribution in [0.2, 0.25) is 0 Å². The van der Waals surface area contributed by atoms with Crippen molar-refractivity contribution in [3.63, 3.8) is 0 Å². The molecule has 1 atom stereocenters. The Morgan fingerprint density at radius 1 is 1.10 bits per heavy atom. The molecule has 1 aromatic heterocycles. The maximum atomic E-state index is 12.6. The standard InChI is InChI=1S/C20H25N3O7/c1-5-29-17(26)16-11(3)21-10(2)15(16)13(24)9-30-14(25)8-23-18(27)20(4,12-6-7-12)22-19(23)28/h12,21H,5-9H2,1-4H3,(H,22,28)/t20-/m1/s1. The van der Waals surface area contributed by atoms with Crippen LogP contribution in [0, 0.1) is 19.8 Å². The van der Waals surface area contributed by atoms with Gasteiger partial charge in [-0.05, 0) is 46.5 Å². The van der Waals surface area contributed by atoms with Gasteiger partial charge in [0.2, 0.25) is 5.78 Å². The van der Waals surface area contributed by atoms with Crippen LogP contribution in [0.15, 0.2) is 0 Å². The summed E-state index contributed by atoms with van der Waals surface area (Å²) in [5, 5.41) is 2.64. The highest BCUT2D eigenvalue weighted by molar-refractivity contribution is 6.10. The number of hydrogen-bond donors (Lipinski definition) is 2. The lowest BCUT2D eigenvalue weighted by Crippen LogP contribution is -2.46. The van der Waals surface area contributed by atoms with Gasteiger partial charge in [0.05, 0.1) is 17.7 Å². The predicted molar refractivity (Wildman–Crippen MR) is 103 cm³/mol. The molecule has 1 aliphatic heterocycles. The zero-order chi connectivity index (χ0) is 22.2. The number of aryl methyl sites for hydroxylation is 2. The fourth-order valence-electron chi connectivity index (χ4n) is 3.78. The molecule has 0 unspecified atom stereocenters. The minimum Gasteiger partial charge on any atom is -0.462 e. The lowest BCUT2D eigenvalue weighted by molar-refractivity contribution is -0.146. The molecule has 30 heavy (non-hydrogen) atoms. The van der Waals surface area contributed by atoms with Crippen LogP contribution >= 0.6 is 0 Å². The highest BCUT2D eigenvalue weighted by Crippen LogP contribution is 2.42. The van der Waals surface area contributed by atoms with Crippen molar-refractivity contribution in [2.75, 3.05) is 19.8 Å². The molecule has 10 heteroatoms. The summed E-state index contributed by atoms with van der Waals surface area (Å²) in [6, 6.07) is -0.653. The average molecular weight is 419 g/mol. The van der Waals surface area contributed by atoms with Crippen LogP contribution in [0.1, 0.15) is 58.8 Å². The molecule has 0 radical (unpaired) electrons. The number of H-pyrrole nitrogens is 1. The molecule has 1 aromatic rings. The second-order valence-corrected chi connectivity index (χ2v) is 7.73. The zero-order valence-electron chi connectivity index (χ0n) is 17.4. The first-order valence-electron chi connectivity index (χ1n) is 9.79. The maximum Gasteiger partial charge on any atom is 0.340 e. The normalized spacial score (nSPS) is 20.9. The van der Waals surface area contributed by atoms with E-state index in [0.29, 0.717) is 11.4 Å². The van der Waals surface area contributed by atoms with Gasteiger partial charge in [-0.2, -0.15) is 0 Å². The summed E-state index contributed by atoms with van der Waals surface area (Å²) in [7, 11) is 0. The van der Waals surface area contributed by atoms with Gasteiger partial charge in [0.1, 0.15) is 12.1 Å². The van der Waals surface area contributed by atoms with Gasteiger partial charge in [-0.3, -0.25) is 19.3 Å². The molecule has 3 rings (SSSR count). The van der Waals surface area contributed by atoms with Gasteiger partial charge in [-0.15, -0.1) is 0 Å². The molecule has 2 N–H and O–H groups in total.